The third-order valence-corrected chi connectivity index (χ3v) is 2.38. The van der Waals surface area contributed by atoms with Gasteiger partial charge in [0.15, 0.2) is 0 Å². The average Bonchev–Trinajstić information content (AvgIpc) is 3.02. The maximum absolute atomic E-state index is 5.69. The van der Waals surface area contributed by atoms with E-state index in [4.69, 9.17) is 14.6 Å². The molecule has 0 aliphatic carbocycles. The van der Waals surface area contributed by atoms with Crippen molar-refractivity contribution in [1.82, 2.24) is 9.97 Å². The Labute approximate surface area is 96.9 Å². The van der Waals surface area contributed by atoms with Crippen LogP contribution in [0.4, 0.5) is 5.95 Å². The van der Waals surface area contributed by atoms with Crippen molar-refractivity contribution in [2.75, 3.05) is 5.73 Å². The molecule has 0 fully saturated rings. The molecule has 3 rings (SSSR count). The highest BCUT2D eigenvalue weighted by molar-refractivity contribution is 5.67. The van der Waals surface area contributed by atoms with Gasteiger partial charge in [-0.15, -0.1) is 0 Å². The summed E-state index contributed by atoms with van der Waals surface area (Å²) in [6.07, 6.45) is 6.40. The lowest BCUT2D eigenvalue weighted by atomic mass is 10.1. The molecule has 0 aromatic carbocycles. The minimum Gasteiger partial charge on any atom is -0.472 e. The smallest absolute Gasteiger partial charge is 0.221 e. The van der Waals surface area contributed by atoms with E-state index in [9.17, 15) is 0 Å². The zero-order valence-electron chi connectivity index (χ0n) is 8.83. The largest absolute Gasteiger partial charge is 0.472 e. The Kier molecular flexibility index (Phi) is 2.15. The lowest BCUT2D eigenvalue weighted by Gasteiger charge is -2.02. The Morgan fingerprint density at radius 1 is 0.882 bits per heavy atom. The Bertz CT molecular complexity index is 563. The van der Waals surface area contributed by atoms with Crippen LogP contribution in [-0.4, -0.2) is 9.97 Å². The number of nitrogens with zero attached hydrogens (tertiary/aromatic N) is 2. The van der Waals surface area contributed by atoms with Crippen molar-refractivity contribution in [3.63, 3.8) is 0 Å². The van der Waals surface area contributed by atoms with E-state index in [0.29, 0.717) is 0 Å². The standard InChI is InChI=1S/C12H9N3O2/c13-12-14-10(8-1-3-16-6-8)5-11(15-12)9-2-4-17-7-9/h1-7H,(H2,13,14,15). The first kappa shape index (κ1) is 9.65. The maximum atomic E-state index is 5.69. The molecule has 0 radical (unpaired) electrons. The molecule has 3 aromatic rings. The second kappa shape index (κ2) is 3.79. The van der Waals surface area contributed by atoms with E-state index in [0.717, 1.165) is 22.5 Å². The number of aromatic nitrogens is 2. The number of nitrogens with two attached hydrogens (primary N) is 1. The zero-order valence-corrected chi connectivity index (χ0v) is 8.83. The summed E-state index contributed by atoms with van der Waals surface area (Å²) < 4.78 is 10.0. The molecule has 0 aliphatic heterocycles. The SMILES string of the molecule is Nc1nc(-c2ccoc2)cc(-c2ccoc2)n1. The number of anilines is 1. The summed E-state index contributed by atoms with van der Waals surface area (Å²) in [4.78, 5) is 8.32. The van der Waals surface area contributed by atoms with Crippen molar-refractivity contribution in [3.05, 3.63) is 43.3 Å². The first-order chi connectivity index (χ1) is 8.33. The molecule has 3 aromatic heterocycles. The molecule has 0 bridgehead atoms. The summed E-state index contributed by atoms with van der Waals surface area (Å²) in [6.45, 7) is 0. The van der Waals surface area contributed by atoms with Gasteiger partial charge in [0.1, 0.15) is 0 Å². The van der Waals surface area contributed by atoms with Crippen molar-refractivity contribution in [2.24, 2.45) is 0 Å². The van der Waals surface area contributed by atoms with Crippen LogP contribution in [0.3, 0.4) is 0 Å². The van der Waals surface area contributed by atoms with E-state index >= 15 is 0 Å². The molecule has 2 N–H and O–H groups in total. The highest BCUT2D eigenvalue weighted by Gasteiger charge is 2.08. The second-order valence-corrected chi connectivity index (χ2v) is 3.52. The number of nitrogen functional groups attached to an aromatic ring is 1. The van der Waals surface area contributed by atoms with Crippen LogP contribution in [-0.2, 0) is 0 Å². The van der Waals surface area contributed by atoms with Crippen LogP contribution < -0.4 is 5.73 Å². The van der Waals surface area contributed by atoms with Gasteiger partial charge in [-0.1, -0.05) is 0 Å². The van der Waals surface area contributed by atoms with E-state index in [1.807, 2.05) is 18.2 Å². The topological polar surface area (TPSA) is 78.1 Å². The molecule has 3 heterocycles. The zero-order chi connectivity index (χ0) is 11.7. The van der Waals surface area contributed by atoms with Crippen LogP contribution in [0.1, 0.15) is 0 Å². The van der Waals surface area contributed by atoms with Gasteiger partial charge in [0, 0.05) is 11.1 Å². The lowest BCUT2D eigenvalue weighted by Crippen LogP contribution is -1.97. The fourth-order valence-corrected chi connectivity index (χ4v) is 1.58. The summed E-state index contributed by atoms with van der Waals surface area (Å²) >= 11 is 0. The molecule has 17 heavy (non-hydrogen) atoms. The van der Waals surface area contributed by atoms with Gasteiger partial charge in [0.25, 0.3) is 0 Å². The van der Waals surface area contributed by atoms with E-state index in [1.54, 1.807) is 25.1 Å². The van der Waals surface area contributed by atoms with Crippen molar-refractivity contribution < 1.29 is 8.83 Å². The molecular weight excluding hydrogens is 218 g/mol. The molecule has 0 unspecified atom stereocenters. The third kappa shape index (κ3) is 1.78. The average molecular weight is 227 g/mol. The monoisotopic (exact) mass is 227 g/mol. The third-order valence-electron chi connectivity index (χ3n) is 2.38. The maximum Gasteiger partial charge on any atom is 0.221 e. The molecule has 84 valence electrons. The van der Waals surface area contributed by atoms with E-state index in [-0.39, 0.29) is 5.95 Å². The Morgan fingerprint density at radius 2 is 1.41 bits per heavy atom. The van der Waals surface area contributed by atoms with Crippen LogP contribution in [0.5, 0.6) is 0 Å². The van der Waals surface area contributed by atoms with Gasteiger partial charge < -0.3 is 14.6 Å². The first-order valence-corrected chi connectivity index (χ1v) is 5.02. The Morgan fingerprint density at radius 3 is 1.82 bits per heavy atom. The molecular formula is C12H9N3O2. The molecule has 0 amide bonds. The molecule has 0 saturated heterocycles. The van der Waals surface area contributed by atoms with Crippen molar-refractivity contribution in [2.45, 2.75) is 0 Å². The van der Waals surface area contributed by atoms with Crippen LogP contribution in [0.25, 0.3) is 22.5 Å². The van der Waals surface area contributed by atoms with E-state index in [2.05, 4.69) is 9.97 Å². The summed E-state index contributed by atoms with van der Waals surface area (Å²) in [5.41, 5.74) is 8.87. The first-order valence-electron chi connectivity index (χ1n) is 5.02. The minimum absolute atomic E-state index is 0.222. The molecule has 0 spiro atoms. The quantitative estimate of drug-likeness (QED) is 0.727. The summed E-state index contributed by atoms with van der Waals surface area (Å²) in [5, 5.41) is 0. The van der Waals surface area contributed by atoms with Gasteiger partial charge >= 0.3 is 0 Å². The Balaban J connectivity index is 2.13. The van der Waals surface area contributed by atoms with Gasteiger partial charge in [-0.2, -0.15) is 0 Å². The summed E-state index contributed by atoms with van der Waals surface area (Å²) in [6, 6.07) is 5.48. The summed E-state index contributed by atoms with van der Waals surface area (Å²) in [5.74, 6) is 0.222. The molecule has 5 heteroatoms. The van der Waals surface area contributed by atoms with Crippen LogP contribution in [0.15, 0.2) is 52.1 Å². The van der Waals surface area contributed by atoms with Crippen molar-refractivity contribution in [3.8, 4) is 22.5 Å². The van der Waals surface area contributed by atoms with Gasteiger partial charge in [0.05, 0.1) is 36.4 Å². The summed E-state index contributed by atoms with van der Waals surface area (Å²) in [7, 11) is 0. The number of hydrogen-bond acceptors (Lipinski definition) is 5. The number of hydrogen-bond donors (Lipinski definition) is 1. The van der Waals surface area contributed by atoms with Crippen molar-refractivity contribution in [1.29, 1.82) is 0 Å². The van der Waals surface area contributed by atoms with Crippen molar-refractivity contribution >= 4 is 5.95 Å². The predicted octanol–water partition coefficient (Wildman–Crippen LogP) is 2.58. The second-order valence-electron chi connectivity index (χ2n) is 3.52. The van der Waals surface area contributed by atoms with E-state index in [1.165, 1.54) is 0 Å². The fraction of sp³-hybridized carbons (Fsp3) is 0. The molecule has 0 saturated carbocycles. The van der Waals surface area contributed by atoms with E-state index < -0.39 is 0 Å². The minimum atomic E-state index is 0.222. The van der Waals surface area contributed by atoms with Crippen LogP contribution >= 0.6 is 0 Å². The number of rotatable bonds is 2. The fourth-order valence-electron chi connectivity index (χ4n) is 1.58. The van der Waals surface area contributed by atoms with Gasteiger partial charge in [-0.05, 0) is 18.2 Å². The highest BCUT2D eigenvalue weighted by Crippen LogP contribution is 2.24. The Hall–Kier alpha value is -2.56. The van der Waals surface area contributed by atoms with Crippen LogP contribution in [0.2, 0.25) is 0 Å². The highest BCUT2D eigenvalue weighted by atomic mass is 16.3. The number of furan rings is 2. The normalized spacial score (nSPS) is 10.6. The van der Waals surface area contributed by atoms with Gasteiger partial charge in [-0.25, -0.2) is 9.97 Å². The van der Waals surface area contributed by atoms with Crippen LogP contribution in [0, 0.1) is 0 Å². The molecule has 5 nitrogen and oxygen atoms in total. The van der Waals surface area contributed by atoms with Gasteiger partial charge in [0.2, 0.25) is 5.95 Å². The lowest BCUT2D eigenvalue weighted by molar-refractivity contribution is 0.568. The molecule has 0 atom stereocenters. The molecule has 0 aliphatic rings. The predicted molar refractivity (Wildman–Crippen MR) is 61.8 cm³/mol. The van der Waals surface area contributed by atoms with Gasteiger partial charge in [-0.3, -0.25) is 0 Å².